The Morgan fingerprint density at radius 1 is 0.480 bits per heavy atom. The molecule has 0 fully saturated rings. The molecule has 8 nitrogen and oxygen atoms in total. The number of carbonyl (C=O) groups excluding carboxylic acids is 4. The van der Waals surface area contributed by atoms with Gasteiger partial charge < -0.3 is 18.9 Å². The number of ether oxygens (including phenoxy) is 4. The molecule has 0 aromatic rings. The molecule has 0 aromatic heterocycles. The Bertz CT molecular complexity index is 411. The molecule has 0 aliphatic rings. The van der Waals surface area contributed by atoms with Crippen molar-refractivity contribution < 1.29 is 38.1 Å². The molecule has 0 atom stereocenters. The van der Waals surface area contributed by atoms with Crippen LogP contribution in [0.4, 0.5) is 0 Å². The van der Waals surface area contributed by atoms with Crippen molar-refractivity contribution >= 4 is 23.9 Å². The van der Waals surface area contributed by atoms with Crippen LogP contribution in [0.5, 0.6) is 0 Å². The van der Waals surface area contributed by atoms with E-state index in [0.717, 1.165) is 0 Å². The predicted molar refractivity (Wildman–Crippen MR) is 87.3 cm³/mol. The van der Waals surface area contributed by atoms with Gasteiger partial charge in [-0.3, -0.25) is 0 Å². The zero-order valence-electron chi connectivity index (χ0n) is 16.1. The third-order valence-corrected chi connectivity index (χ3v) is 2.60. The van der Waals surface area contributed by atoms with Crippen LogP contribution in [-0.2, 0) is 38.1 Å². The monoisotopic (exact) mass is 360 g/mol. The third-order valence-electron chi connectivity index (χ3n) is 2.60. The molecule has 0 unspecified atom stereocenters. The van der Waals surface area contributed by atoms with Crippen molar-refractivity contribution in [3.8, 4) is 0 Å². The van der Waals surface area contributed by atoms with E-state index in [1.54, 1.807) is 0 Å². The summed E-state index contributed by atoms with van der Waals surface area (Å²) in [5.74, 6) is -5.54. The minimum atomic E-state index is -2.98. The summed E-state index contributed by atoms with van der Waals surface area (Å²) in [5, 5.41) is 0. The number of hydrogen-bond donors (Lipinski definition) is 0. The fourth-order valence-corrected chi connectivity index (χ4v) is 1.71. The van der Waals surface area contributed by atoms with Crippen LogP contribution in [0.1, 0.15) is 55.4 Å². The first-order chi connectivity index (χ1) is 11.3. The summed E-state index contributed by atoms with van der Waals surface area (Å²) in [6.07, 6.45) is -2.73. The molecule has 0 aliphatic carbocycles. The normalized spacial score (nSPS) is 11.7. The Kier molecular flexibility index (Phi) is 8.59. The lowest BCUT2D eigenvalue weighted by Crippen LogP contribution is -2.57. The maximum absolute atomic E-state index is 12.6. The van der Waals surface area contributed by atoms with Gasteiger partial charge >= 0.3 is 29.3 Å². The van der Waals surface area contributed by atoms with Gasteiger partial charge in [-0.2, -0.15) is 0 Å². The van der Waals surface area contributed by atoms with Crippen molar-refractivity contribution in [2.75, 3.05) is 0 Å². The Morgan fingerprint density at radius 2 is 0.640 bits per heavy atom. The fraction of sp³-hybridized carbons (Fsp3) is 0.765. The Hall–Kier alpha value is -2.12. The molecule has 0 rings (SSSR count). The second-order valence-electron chi connectivity index (χ2n) is 6.57. The first-order valence-electron chi connectivity index (χ1n) is 8.19. The van der Waals surface area contributed by atoms with E-state index in [4.69, 9.17) is 18.9 Å². The highest BCUT2D eigenvalue weighted by molar-refractivity contribution is 6.32. The molecule has 8 heteroatoms. The van der Waals surface area contributed by atoms with Gasteiger partial charge in [-0.05, 0) is 55.4 Å². The molecule has 0 radical (unpaired) electrons. The molecule has 0 saturated heterocycles. The summed E-state index contributed by atoms with van der Waals surface area (Å²) < 4.78 is 19.9. The van der Waals surface area contributed by atoms with E-state index in [-0.39, 0.29) is 0 Å². The van der Waals surface area contributed by atoms with Crippen LogP contribution in [0, 0.1) is 5.41 Å². The van der Waals surface area contributed by atoms with Gasteiger partial charge in [0.2, 0.25) is 0 Å². The molecule has 0 N–H and O–H groups in total. The van der Waals surface area contributed by atoms with Crippen LogP contribution < -0.4 is 0 Å². The van der Waals surface area contributed by atoms with Crippen LogP contribution >= 0.6 is 0 Å². The summed E-state index contributed by atoms with van der Waals surface area (Å²) in [6, 6.07) is 0. The zero-order chi connectivity index (χ0) is 19.9. The first kappa shape index (κ1) is 22.9. The highest BCUT2D eigenvalue weighted by atomic mass is 16.6. The number of esters is 4. The number of rotatable bonds is 8. The zero-order valence-corrected chi connectivity index (χ0v) is 16.1. The summed E-state index contributed by atoms with van der Waals surface area (Å²) >= 11 is 0. The summed E-state index contributed by atoms with van der Waals surface area (Å²) in [6.45, 7) is 12.1. The van der Waals surface area contributed by atoms with Crippen molar-refractivity contribution in [3.63, 3.8) is 0 Å². The molecule has 0 heterocycles. The second-order valence-corrected chi connectivity index (χ2v) is 6.57. The van der Waals surface area contributed by atoms with Gasteiger partial charge in [-0.25, -0.2) is 19.2 Å². The lowest BCUT2D eigenvalue weighted by Gasteiger charge is -2.28. The Morgan fingerprint density at radius 3 is 0.760 bits per heavy atom. The molecule has 0 aliphatic heterocycles. The average Bonchev–Trinajstić information content (AvgIpc) is 2.35. The molecule has 0 bridgehead atoms. The van der Waals surface area contributed by atoms with Crippen LogP contribution in [0.3, 0.4) is 0 Å². The molecule has 25 heavy (non-hydrogen) atoms. The van der Waals surface area contributed by atoms with Crippen molar-refractivity contribution in [2.24, 2.45) is 5.41 Å². The topological polar surface area (TPSA) is 105 Å². The van der Waals surface area contributed by atoms with Crippen molar-refractivity contribution in [1.82, 2.24) is 0 Å². The van der Waals surface area contributed by atoms with E-state index in [0.29, 0.717) is 0 Å². The molecule has 0 amide bonds. The van der Waals surface area contributed by atoms with E-state index in [9.17, 15) is 19.2 Å². The lowest BCUT2D eigenvalue weighted by molar-refractivity contribution is -0.197. The van der Waals surface area contributed by atoms with Crippen molar-refractivity contribution in [2.45, 2.75) is 79.8 Å². The summed E-state index contributed by atoms with van der Waals surface area (Å²) in [7, 11) is 0. The van der Waals surface area contributed by atoms with Gasteiger partial charge in [-0.1, -0.05) is 0 Å². The molecule has 0 aromatic carbocycles. The minimum Gasteiger partial charge on any atom is -0.461 e. The van der Waals surface area contributed by atoms with Gasteiger partial charge in [0.05, 0.1) is 24.4 Å². The number of carbonyl (C=O) groups is 4. The second kappa shape index (κ2) is 9.39. The maximum atomic E-state index is 12.6. The van der Waals surface area contributed by atoms with Gasteiger partial charge in [-0.15, -0.1) is 0 Å². The van der Waals surface area contributed by atoms with Crippen LogP contribution in [0.25, 0.3) is 0 Å². The van der Waals surface area contributed by atoms with Crippen molar-refractivity contribution in [3.05, 3.63) is 0 Å². The first-order valence-corrected chi connectivity index (χ1v) is 8.19. The maximum Gasteiger partial charge on any atom is 0.355 e. The molecular formula is C17H28O8. The number of hydrogen-bond acceptors (Lipinski definition) is 8. The highest BCUT2D eigenvalue weighted by Gasteiger charge is 2.66. The van der Waals surface area contributed by atoms with Gasteiger partial charge in [0.15, 0.2) is 0 Å². The minimum absolute atomic E-state index is 0.683. The fourth-order valence-electron chi connectivity index (χ4n) is 1.71. The Balaban J connectivity index is 6.28. The van der Waals surface area contributed by atoms with E-state index >= 15 is 0 Å². The largest absolute Gasteiger partial charge is 0.461 e. The van der Waals surface area contributed by atoms with Gasteiger partial charge in [0.1, 0.15) is 0 Å². The lowest BCUT2D eigenvalue weighted by atomic mass is 9.87. The van der Waals surface area contributed by atoms with E-state index in [1.807, 2.05) is 0 Å². The predicted octanol–water partition coefficient (Wildman–Crippen LogP) is 1.78. The van der Waals surface area contributed by atoms with Crippen molar-refractivity contribution in [1.29, 1.82) is 0 Å². The van der Waals surface area contributed by atoms with Crippen LogP contribution in [-0.4, -0.2) is 48.3 Å². The van der Waals surface area contributed by atoms with E-state index in [1.165, 1.54) is 55.4 Å². The molecular weight excluding hydrogens is 332 g/mol. The van der Waals surface area contributed by atoms with Crippen LogP contribution in [0.15, 0.2) is 0 Å². The SMILES string of the molecule is CC(C)OC(=O)C(C(=O)OC(C)C)(C(=O)OC(C)C)C(=O)OC(C)C. The Labute approximate surface area is 148 Å². The summed E-state index contributed by atoms with van der Waals surface area (Å²) in [4.78, 5) is 50.5. The van der Waals surface area contributed by atoms with Gasteiger partial charge in [0.25, 0.3) is 0 Å². The standard InChI is InChI=1S/C17H28O8/c1-9(2)22-13(18)17(14(19)23-10(3)4,15(20)24-11(5)6)16(21)25-12(7)8/h9-12H,1-8H3. The van der Waals surface area contributed by atoms with Crippen LogP contribution in [0.2, 0.25) is 0 Å². The molecule has 0 spiro atoms. The molecule has 0 saturated carbocycles. The smallest absolute Gasteiger partial charge is 0.355 e. The van der Waals surface area contributed by atoms with E-state index < -0.39 is 53.7 Å². The third kappa shape index (κ3) is 6.03. The summed E-state index contributed by atoms with van der Waals surface area (Å²) in [5.41, 5.74) is -2.98. The average molecular weight is 360 g/mol. The van der Waals surface area contributed by atoms with E-state index in [2.05, 4.69) is 0 Å². The highest BCUT2D eigenvalue weighted by Crippen LogP contribution is 2.29. The quantitative estimate of drug-likeness (QED) is 0.366. The van der Waals surface area contributed by atoms with Gasteiger partial charge in [0, 0.05) is 0 Å². The molecule has 144 valence electrons.